The Morgan fingerprint density at radius 3 is 2.53 bits per heavy atom. The lowest BCUT2D eigenvalue weighted by Crippen LogP contribution is -1.98. The third kappa shape index (κ3) is 4.09. The third-order valence-electron chi connectivity index (χ3n) is 4.98. The lowest BCUT2D eigenvalue weighted by atomic mass is 10.1. The Balaban J connectivity index is 1.34. The Hall–Kier alpha value is -4.39. The molecular formula is C25H20N4O3. The summed E-state index contributed by atoms with van der Waals surface area (Å²) in [6, 6.07) is 25.3. The van der Waals surface area contributed by atoms with E-state index in [4.69, 9.17) is 14.0 Å². The van der Waals surface area contributed by atoms with E-state index < -0.39 is 0 Å². The number of aromatic nitrogens is 3. The molecule has 0 unspecified atom stereocenters. The van der Waals surface area contributed by atoms with E-state index in [0.29, 0.717) is 23.8 Å². The molecule has 0 spiro atoms. The topological polar surface area (TPSA) is 82.3 Å². The first-order chi connectivity index (χ1) is 15.8. The van der Waals surface area contributed by atoms with Gasteiger partial charge in [0.25, 0.3) is 5.71 Å². The fraction of sp³-hybridized carbons (Fsp3) is 0.0800. The van der Waals surface area contributed by atoms with Crippen LogP contribution < -0.4 is 14.8 Å². The molecule has 0 atom stereocenters. The van der Waals surface area contributed by atoms with Crippen LogP contribution in [0.5, 0.6) is 11.5 Å². The second kappa shape index (κ2) is 8.77. The smallest absolute Gasteiger partial charge is 0.263 e. The molecule has 5 aromatic rings. The first-order valence-electron chi connectivity index (χ1n) is 10.1. The van der Waals surface area contributed by atoms with Crippen molar-refractivity contribution in [3.05, 3.63) is 90.8 Å². The minimum atomic E-state index is 0.430. The number of benzene rings is 3. The lowest BCUT2D eigenvalue weighted by Gasteiger charge is -2.10. The SMILES string of the molecule is COc1cccc(COc2ccc(Nc3ncnc4onc(-c5ccccc5)c34)cc2)c1. The van der Waals surface area contributed by atoms with Crippen LogP contribution in [0.2, 0.25) is 0 Å². The molecule has 0 radical (unpaired) electrons. The van der Waals surface area contributed by atoms with Crippen LogP contribution in [0.4, 0.5) is 11.5 Å². The van der Waals surface area contributed by atoms with Gasteiger partial charge in [-0.2, -0.15) is 4.98 Å². The highest BCUT2D eigenvalue weighted by atomic mass is 16.5. The summed E-state index contributed by atoms with van der Waals surface area (Å²) in [5.74, 6) is 2.20. The number of ether oxygens (including phenoxy) is 2. The normalized spacial score (nSPS) is 10.8. The van der Waals surface area contributed by atoms with Crippen molar-refractivity contribution in [2.24, 2.45) is 0 Å². The number of methoxy groups -OCH3 is 1. The van der Waals surface area contributed by atoms with Crippen molar-refractivity contribution in [1.82, 2.24) is 15.1 Å². The van der Waals surface area contributed by atoms with Gasteiger partial charge in [-0.15, -0.1) is 0 Å². The molecule has 7 heteroatoms. The van der Waals surface area contributed by atoms with Gasteiger partial charge in [0.05, 0.1) is 7.11 Å². The minimum absolute atomic E-state index is 0.430. The van der Waals surface area contributed by atoms with Crippen LogP contribution in [-0.4, -0.2) is 22.2 Å². The highest BCUT2D eigenvalue weighted by molar-refractivity contribution is 5.98. The van der Waals surface area contributed by atoms with Gasteiger partial charge in [0.1, 0.15) is 41.3 Å². The van der Waals surface area contributed by atoms with Crippen molar-refractivity contribution in [3.8, 4) is 22.8 Å². The second-order valence-corrected chi connectivity index (χ2v) is 7.09. The third-order valence-corrected chi connectivity index (χ3v) is 4.98. The maximum atomic E-state index is 5.90. The highest BCUT2D eigenvalue weighted by Crippen LogP contribution is 2.32. The lowest BCUT2D eigenvalue weighted by molar-refractivity contribution is 0.305. The van der Waals surface area contributed by atoms with Crippen molar-refractivity contribution in [2.75, 3.05) is 12.4 Å². The zero-order valence-electron chi connectivity index (χ0n) is 17.4. The van der Waals surface area contributed by atoms with Gasteiger partial charge in [0, 0.05) is 11.3 Å². The molecule has 0 amide bonds. The van der Waals surface area contributed by atoms with Crippen LogP contribution >= 0.6 is 0 Å². The van der Waals surface area contributed by atoms with E-state index >= 15 is 0 Å². The second-order valence-electron chi connectivity index (χ2n) is 7.09. The predicted octanol–water partition coefficient (Wildman–Crippen LogP) is 5.62. The Morgan fingerprint density at radius 1 is 0.875 bits per heavy atom. The molecule has 2 aromatic heterocycles. The first-order valence-corrected chi connectivity index (χ1v) is 10.1. The van der Waals surface area contributed by atoms with Crippen LogP contribution in [0.3, 0.4) is 0 Å². The molecular weight excluding hydrogens is 404 g/mol. The molecule has 0 aliphatic rings. The van der Waals surface area contributed by atoms with Gasteiger partial charge in [0.15, 0.2) is 0 Å². The van der Waals surface area contributed by atoms with E-state index in [-0.39, 0.29) is 0 Å². The molecule has 0 saturated heterocycles. The molecule has 158 valence electrons. The van der Waals surface area contributed by atoms with Gasteiger partial charge in [-0.3, -0.25) is 0 Å². The van der Waals surface area contributed by atoms with Crippen molar-refractivity contribution >= 4 is 22.6 Å². The molecule has 0 bridgehead atoms. The summed E-state index contributed by atoms with van der Waals surface area (Å²) in [5, 5.41) is 8.27. The van der Waals surface area contributed by atoms with Crippen molar-refractivity contribution in [3.63, 3.8) is 0 Å². The maximum absolute atomic E-state index is 5.90. The molecule has 7 nitrogen and oxygen atoms in total. The number of hydrogen-bond acceptors (Lipinski definition) is 7. The van der Waals surface area contributed by atoms with Gasteiger partial charge in [-0.25, -0.2) is 4.98 Å². The summed E-state index contributed by atoms with van der Waals surface area (Å²) in [6.07, 6.45) is 1.45. The molecule has 1 N–H and O–H groups in total. The van der Waals surface area contributed by atoms with Crippen LogP contribution in [0.15, 0.2) is 89.7 Å². The standard InChI is InChI=1S/C25H20N4O3/c1-30-21-9-5-6-17(14-21)15-31-20-12-10-19(11-13-20)28-24-22-23(18-7-3-2-4-8-18)29-32-25(22)27-16-26-24/h2-14,16H,15H2,1H3,(H,26,27,28). The average molecular weight is 424 g/mol. The molecule has 5 rings (SSSR count). The number of nitrogens with one attached hydrogen (secondary N) is 1. The monoisotopic (exact) mass is 424 g/mol. The quantitative estimate of drug-likeness (QED) is 0.363. The summed E-state index contributed by atoms with van der Waals surface area (Å²) in [5.41, 5.74) is 3.96. The van der Waals surface area contributed by atoms with Gasteiger partial charge >= 0.3 is 0 Å². The molecule has 0 aliphatic heterocycles. The van der Waals surface area contributed by atoms with E-state index in [0.717, 1.165) is 33.7 Å². The van der Waals surface area contributed by atoms with Crippen LogP contribution in [0, 0.1) is 0 Å². The molecule has 3 aromatic carbocycles. The van der Waals surface area contributed by atoms with Crippen molar-refractivity contribution in [2.45, 2.75) is 6.61 Å². The zero-order chi connectivity index (χ0) is 21.8. The van der Waals surface area contributed by atoms with Crippen LogP contribution in [0.25, 0.3) is 22.4 Å². The Labute approximate surface area is 184 Å². The van der Waals surface area contributed by atoms with Crippen molar-refractivity contribution in [1.29, 1.82) is 0 Å². The summed E-state index contributed by atoms with van der Waals surface area (Å²) in [7, 11) is 1.65. The molecule has 32 heavy (non-hydrogen) atoms. The summed E-state index contributed by atoms with van der Waals surface area (Å²) in [6.45, 7) is 0.456. The largest absolute Gasteiger partial charge is 0.497 e. The fourth-order valence-corrected chi connectivity index (χ4v) is 3.37. The van der Waals surface area contributed by atoms with E-state index in [1.165, 1.54) is 6.33 Å². The maximum Gasteiger partial charge on any atom is 0.263 e. The van der Waals surface area contributed by atoms with Crippen LogP contribution in [0.1, 0.15) is 5.56 Å². The van der Waals surface area contributed by atoms with E-state index in [2.05, 4.69) is 20.4 Å². The number of fused-ring (bicyclic) bond motifs is 1. The zero-order valence-corrected chi connectivity index (χ0v) is 17.4. The van der Waals surface area contributed by atoms with Gasteiger partial charge < -0.3 is 19.3 Å². The molecule has 0 saturated carbocycles. The predicted molar refractivity (Wildman–Crippen MR) is 122 cm³/mol. The van der Waals surface area contributed by atoms with E-state index in [9.17, 15) is 0 Å². The summed E-state index contributed by atoms with van der Waals surface area (Å²) < 4.78 is 16.6. The molecule has 0 aliphatic carbocycles. The summed E-state index contributed by atoms with van der Waals surface area (Å²) >= 11 is 0. The minimum Gasteiger partial charge on any atom is -0.497 e. The fourth-order valence-electron chi connectivity index (χ4n) is 3.37. The van der Waals surface area contributed by atoms with Crippen molar-refractivity contribution < 1.29 is 14.0 Å². The summed E-state index contributed by atoms with van der Waals surface area (Å²) in [4.78, 5) is 8.61. The highest BCUT2D eigenvalue weighted by Gasteiger charge is 2.16. The molecule has 0 fully saturated rings. The number of nitrogens with zero attached hydrogens (tertiary/aromatic N) is 3. The van der Waals surface area contributed by atoms with E-state index in [1.54, 1.807) is 7.11 Å². The average Bonchev–Trinajstić information content (AvgIpc) is 3.30. The number of hydrogen-bond donors (Lipinski definition) is 1. The Kier molecular flexibility index (Phi) is 5.36. The Morgan fingerprint density at radius 2 is 1.72 bits per heavy atom. The molecule has 2 heterocycles. The van der Waals surface area contributed by atoms with Gasteiger partial charge in [0.2, 0.25) is 0 Å². The Bertz CT molecular complexity index is 1330. The first kappa shape index (κ1) is 19.6. The van der Waals surface area contributed by atoms with Crippen LogP contribution in [-0.2, 0) is 6.61 Å². The van der Waals surface area contributed by atoms with E-state index in [1.807, 2.05) is 78.9 Å². The number of rotatable bonds is 7. The number of anilines is 2. The van der Waals surface area contributed by atoms with Gasteiger partial charge in [-0.1, -0.05) is 47.6 Å². The van der Waals surface area contributed by atoms with Gasteiger partial charge in [-0.05, 0) is 42.0 Å².